The Morgan fingerprint density at radius 1 is 1.12 bits per heavy atom. The fourth-order valence-electron chi connectivity index (χ4n) is 1.83. The molecule has 0 bridgehead atoms. The van der Waals surface area contributed by atoms with Gasteiger partial charge in [-0.05, 0) is 31.5 Å². The Kier molecular flexibility index (Phi) is 2.46. The molecule has 0 atom stereocenters. The van der Waals surface area contributed by atoms with Gasteiger partial charge >= 0.3 is 0 Å². The highest BCUT2D eigenvalue weighted by molar-refractivity contribution is 5.85. The predicted octanol–water partition coefficient (Wildman–Crippen LogP) is 2.21. The molecule has 3 nitrogen and oxygen atoms in total. The molecule has 0 unspecified atom stereocenters. The highest BCUT2D eigenvalue weighted by atomic mass is 16.1. The number of aromatic nitrogens is 1. The molecule has 2 rings (SSSR count). The van der Waals surface area contributed by atoms with E-state index in [-0.39, 0.29) is 5.56 Å². The molecule has 0 aliphatic rings. The van der Waals surface area contributed by atoms with Crippen molar-refractivity contribution in [2.24, 2.45) is 0 Å². The van der Waals surface area contributed by atoms with Gasteiger partial charge in [0.1, 0.15) is 0 Å². The average molecular weight is 216 g/mol. The normalized spacial score (nSPS) is 10.8. The zero-order chi connectivity index (χ0) is 11.9. The van der Waals surface area contributed by atoms with Crippen LogP contribution in [0.2, 0.25) is 0 Å². The summed E-state index contributed by atoms with van der Waals surface area (Å²) in [5.41, 5.74) is 3.85. The van der Waals surface area contributed by atoms with E-state index in [1.165, 1.54) is 0 Å². The lowest BCUT2D eigenvalue weighted by Crippen LogP contribution is -2.13. The Morgan fingerprint density at radius 3 is 2.44 bits per heavy atom. The standard InChI is InChI=1S/C13H16N2O/c1-8-9(2)13(16)14-12-7-10(15(3)4)5-6-11(8)12/h5-7H,1-4H3,(H,14,16). The third-order valence-corrected chi connectivity index (χ3v) is 3.07. The van der Waals surface area contributed by atoms with E-state index in [0.717, 1.165) is 27.7 Å². The summed E-state index contributed by atoms with van der Waals surface area (Å²) < 4.78 is 0. The van der Waals surface area contributed by atoms with Crippen molar-refractivity contribution >= 4 is 16.6 Å². The first-order valence-corrected chi connectivity index (χ1v) is 5.31. The summed E-state index contributed by atoms with van der Waals surface area (Å²) in [4.78, 5) is 16.6. The van der Waals surface area contributed by atoms with Crippen molar-refractivity contribution in [1.82, 2.24) is 4.98 Å². The minimum absolute atomic E-state index is 0.000839. The first kappa shape index (κ1) is 10.7. The van der Waals surface area contributed by atoms with Crippen molar-refractivity contribution in [3.05, 3.63) is 39.7 Å². The van der Waals surface area contributed by atoms with Crippen LogP contribution in [-0.4, -0.2) is 19.1 Å². The second kappa shape index (κ2) is 3.67. The van der Waals surface area contributed by atoms with Crippen molar-refractivity contribution in [1.29, 1.82) is 0 Å². The Morgan fingerprint density at radius 2 is 1.81 bits per heavy atom. The summed E-state index contributed by atoms with van der Waals surface area (Å²) in [6.07, 6.45) is 0. The Bertz CT molecular complexity index is 597. The maximum atomic E-state index is 11.7. The van der Waals surface area contributed by atoms with Crippen LogP contribution in [0.25, 0.3) is 10.9 Å². The molecule has 0 aliphatic heterocycles. The molecular formula is C13H16N2O. The molecule has 0 radical (unpaired) electrons. The second-order valence-electron chi connectivity index (χ2n) is 4.33. The van der Waals surface area contributed by atoms with Gasteiger partial charge in [-0.15, -0.1) is 0 Å². The van der Waals surface area contributed by atoms with E-state index in [2.05, 4.69) is 17.1 Å². The number of benzene rings is 1. The van der Waals surface area contributed by atoms with Crippen molar-refractivity contribution in [3.63, 3.8) is 0 Å². The fraction of sp³-hybridized carbons (Fsp3) is 0.308. The number of hydrogen-bond acceptors (Lipinski definition) is 2. The number of nitrogens with zero attached hydrogens (tertiary/aromatic N) is 1. The Balaban J connectivity index is 2.81. The molecule has 3 heteroatoms. The van der Waals surface area contributed by atoms with E-state index < -0.39 is 0 Å². The van der Waals surface area contributed by atoms with Crippen LogP contribution in [0.3, 0.4) is 0 Å². The zero-order valence-corrected chi connectivity index (χ0v) is 10.1. The molecule has 1 heterocycles. The second-order valence-corrected chi connectivity index (χ2v) is 4.33. The number of rotatable bonds is 1. The molecule has 0 saturated carbocycles. The number of aromatic amines is 1. The van der Waals surface area contributed by atoms with Gasteiger partial charge in [0, 0.05) is 30.7 Å². The molecule has 0 fully saturated rings. The van der Waals surface area contributed by atoms with Gasteiger partial charge < -0.3 is 9.88 Å². The zero-order valence-electron chi connectivity index (χ0n) is 10.1. The van der Waals surface area contributed by atoms with Crippen molar-refractivity contribution < 1.29 is 0 Å². The maximum absolute atomic E-state index is 11.7. The molecule has 16 heavy (non-hydrogen) atoms. The molecule has 1 aromatic carbocycles. The van der Waals surface area contributed by atoms with E-state index in [1.54, 1.807) is 0 Å². The first-order valence-electron chi connectivity index (χ1n) is 5.31. The van der Waals surface area contributed by atoms with Crippen molar-refractivity contribution in [2.45, 2.75) is 13.8 Å². The summed E-state index contributed by atoms with van der Waals surface area (Å²) in [6, 6.07) is 6.12. The molecule has 1 aromatic heterocycles. The Hall–Kier alpha value is -1.77. The summed E-state index contributed by atoms with van der Waals surface area (Å²) >= 11 is 0. The van der Waals surface area contributed by atoms with Crippen LogP contribution in [0.1, 0.15) is 11.1 Å². The number of nitrogens with one attached hydrogen (secondary N) is 1. The minimum atomic E-state index is 0.000839. The molecule has 1 N–H and O–H groups in total. The van der Waals surface area contributed by atoms with Crippen LogP contribution < -0.4 is 10.5 Å². The van der Waals surface area contributed by atoms with Gasteiger partial charge in [0.25, 0.3) is 5.56 Å². The number of anilines is 1. The summed E-state index contributed by atoms with van der Waals surface area (Å²) in [7, 11) is 3.97. The van der Waals surface area contributed by atoms with Crippen molar-refractivity contribution in [3.8, 4) is 0 Å². The van der Waals surface area contributed by atoms with Gasteiger partial charge in [0.05, 0.1) is 5.52 Å². The Labute approximate surface area is 94.7 Å². The largest absolute Gasteiger partial charge is 0.378 e. The molecular weight excluding hydrogens is 200 g/mol. The summed E-state index contributed by atoms with van der Waals surface area (Å²) in [5.74, 6) is 0. The molecule has 0 saturated heterocycles. The third kappa shape index (κ3) is 1.58. The van der Waals surface area contributed by atoms with Gasteiger partial charge in [0.2, 0.25) is 0 Å². The molecule has 84 valence electrons. The molecule has 0 aliphatic carbocycles. The van der Waals surface area contributed by atoms with Crippen LogP contribution in [0, 0.1) is 13.8 Å². The fourth-order valence-corrected chi connectivity index (χ4v) is 1.83. The van der Waals surface area contributed by atoms with E-state index in [0.29, 0.717) is 0 Å². The smallest absolute Gasteiger partial charge is 0.251 e. The number of hydrogen-bond donors (Lipinski definition) is 1. The molecule has 0 spiro atoms. The number of H-pyrrole nitrogens is 1. The SMILES string of the molecule is Cc1c(C)c2ccc(N(C)C)cc2[nH]c1=O. The van der Waals surface area contributed by atoms with Crippen LogP contribution in [0.5, 0.6) is 0 Å². The average Bonchev–Trinajstić information content (AvgIpc) is 2.25. The molecule has 2 aromatic rings. The monoisotopic (exact) mass is 216 g/mol. The first-order chi connectivity index (χ1) is 7.50. The van der Waals surface area contributed by atoms with E-state index >= 15 is 0 Å². The van der Waals surface area contributed by atoms with E-state index in [4.69, 9.17) is 0 Å². The quantitative estimate of drug-likeness (QED) is 0.793. The van der Waals surface area contributed by atoms with Gasteiger partial charge in [-0.1, -0.05) is 6.07 Å². The van der Waals surface area contributed by atoms with Gasteiger partial charge in [-0.2, -0.15) is 0 Å². The van der Waals surface area contributed by atoms with E-state index in [1.807, 2.05) is 38.9 Å². The van der Waals surface area contributed by atoms with E-state index in [9.17, 15) is 4.79 Å². The van der Waals surface area contributed by atoms with Crippen LogP contribution in [-0.2, 0) is 0 Å². The highest BCUT2D eigenvalue weighted by Gasteiger charge is 2.06. The topological polar surface area (TPSA) is 36.1 Å². The highest BCUT2D eigenvalue weighted by Crippen LogP contribution is 2.21. The third-order valence-electron chi connectivity index (χ3n) is 3.07. The van der Waals surface area contributed by atoms with Gasteiger partial charge in [-0.25, -0.2) is 0 Å². The predicted molar refractivity (Wildman–Crippen MR) is 68.4 cm³/mol. The van der Waals surface area contributed by atoms with Crippen LogP contribution in [0.15, 0.2) is 23.0 Å². The van der Waals surface area contributed by atoms with Gasteiger partial charge in [-0.3, -0.25) is 4.79 Å². The molecule has 0 amide bonds. The lowest BCUT2D eigenvalue weighted by Gasteiger charge is -2.14. The number of fused-ring (bicyclic) bond motifs is 1. The summed E-state index contributed by atoms with van der Waals surface area (Å²) in [5, 5.41) is 1.11. The minimum Gasteiger partial charge on any atom is -0.378 e. The summed E-state index contributed by atoms with van der Waals surface area (Å²) in [6.45, 7) is 3.84. The lowest BCUT2D eigenvalue weighted by molar-refractivity contribution is 1.13. The van der Waals surface area contributed by atoms with Gasteiger partial charge in [0.15, 0.2) is 0 Å². The lowest BCUT2D eigenvalue weighted by atomic mass is 10.1. The van der Waals surface area contributed by atoms with Crippen LogP contribution >= 0.6 is 0 Å². The number of pyridine rings is 1. The number of aryl methyl sites for hydroxylation is 1. The van der Waals surface area contributed by atoms with Crippen molar-refractivity contribution in [2.75, 3.05) is 19.0 Å². The van der Waals surface area contributed by atoms with Crippen LogP contribution in [0.4, 0.5) is 5.69 Å². The maximum Gasteiger partial charge on any atom is 0.251 e.